The zero-order valence-corrected chi connectivity index (χ0v) is 43.4. The van der Waals surface area contributed by atoms with Crippen molar-refractivity contribution in [2.24, 2.45) is 0 Å². The van der Waals surface area contributed by atoms with Crippen molar-refractivity contribution in [3.63, 3.8) is 0 Å². The quantitative estimate of drug-likeness (QED) is 0.156. The predicted molar refractivity (Wildman–Crippen MR) is 250 cm³/mol. The predicted octanol–water partition coefficient (Wildman–Crippen LogP) is 9.12. The Kier molecular flexibility index (Phi) is 14.9. The van der Waals surface area contributed by atoms with Crippen molar-refractivity contribution in [2.75, 3.05) is 0 Å². The zero-order chi connectivity index (χ0) is 42.7. The number of rotatable bonds is 3. The molecule has 0 bridgehead atoms. The summed E-state index contributed by atoms with van der Waals surface area (Å²) in [5.74, 6) is 0. The average molecular weight is 915 g/mol. The SMILES string of the molecule is CC(C)(C)c1ccc([C](=[Zr+2])c2ccc(C(C)(C)C)cc2)cc1.CC1=[C-]C(C)(C)c2cc3c(cc21)-c1cc2c(cc1C3)C(C)(C)C=C2C.CCc1cc(C(C)(C)C)c[cH-]1.[Cl-].[Cl-]. The van der Waals surface area contributed by atoms with Crippen LogP contribution in [0.3, 0.4) is 0 Å². The molecule has 0 heterocycles. The Labute approximate surface area is 392 Å². The average Bonchev–Trinajstić information content (AvgIpc) is 3.88. The molecule has 5 aromatic carbocycles. The van der Waals surface area contributed by atoms with E-state index in [1.54, 1.807) is 0 Å². The van der Waals surface area contributed by atoms with Crippen molar-refractivity contribution < 1.29 is 49.0 Å². The maximum Gasteiger partial charge on any atom is 0.00873 e. The Bertz CT molecular complexity index is 2260. The van der Waals surface area contributed by atoms with Crippen LogP contribution in [0.1, 0.15) is 178 Å². The zero-order valence-electron chi connectivity index (χ0n) is 39.4. The Morgan fingerprint density at radius 3 is 1.48 bits per heavy atom. The van der Waals surface area contributed by atoms with E-state index in [-0.39, 0.29) is 46.5 Å². The molecular weight excluding hydrogens is 847 g/mol. The van der Waals surface area contributed by atoms with Crippen molar-refractivity contribution in [1.82, 2.24) is 0 Å². The molecule has 0 unspecified atom stereocenters. The minimum Gasteiger partial charge on any atom is -1.00 e. The van der Waals surface area contributed by atoms with Gasteiger partial charge in [0.05, 0.1) is 0 Å². The summed E-state index contributed by atoms with van der Waals surface area (Å²) in [6.45, 7) is 36.2. The van der Waals surface area contributed by atoms with Crippen LogP contribution in [0.2, 0.25) is 0 Å². The summed E-state index contributed by atoms with van der Waals surface area (Å²) in [4.78, 5) is 0. The van der Waals surface area contributed by atoms with E-state index in [1.807, 2.05) is 0 Å². The van der Waals surface area contributed by atoms with Crippen LogP contribution in [0.4, 0.5) is 0 Å². The first-order valence-electron chi connectivity index (χ1n) is 21.5. The minimum absolute atomic E-state index is 0. The van der Waals surface area contributed by atoms with Gasteiger partial charge in [-0.15, -0.1) is 11.6 Å². The molecule has 0 saturated heterocycles. The molecule has 0 amide bonds. The van der Waals surface area contributed by atoms with E-state index in [0.29, 0.717) is 5.41 Å². The van der Waals surface area contributed by atoms with Crippen molar-refractivity contribution in [3.8, 4) is 11.1 Å². The van der Waals surface area contributed by atoms with E-state index < -0.39 is 0 Å². The van der Waals surface area contributed by atoms with Crippen LogP contribution in [-0.4, -0.2) is 3.21 Å². The molecule has 5 aromatic rings. The van der Waals surface area contributed by atoms with Gasteiger partial charge in [-0.3, -0.25) is 6.08 Å². The summed E-state index contributed by atoms with van der Waals surface area (Å²) in [6.07, 6.45) is 8.28. The fraction of sp³-hybridized carbons (Fsp3) is 0.404. The molecule has 0 spiro atoms. The Hall–Kier alpha value is -2.96. The third kappa shape index (κ3) is 10.4. The van der Waals surface area contributed by atoms with E-state index >= 15 is 0 Å². The number of benzene rings is 4. The van der Waals surface area contributed by atoms with Gasteiger partial charge in [-0.25, -0.2) is 11.6 Å². The van der Waals surface area contributed by atoms with E-state index in [9.17, 15) is 0 Å². The Morgan fingerprint density at radius 2 is 1.07 bits per heavy atom. The molecule has 60 heavy (non-hydrogen) atoms. The molecule has 316 valence electrons. The molecule has 3 heteroatoms. The standard InChI is InChI=1S/C25H25.C21H26.C11H17.2ClH.Zr/c1-14-12-24(3,4)22-8-16-7-17-9-23-19(15(2)13-25(23,5)6)11-21(17)20(16)10-18(14)22;1-20(2,3)18-11-7-16(8-12-18)15-17-9-13-19(14-10-17)21(4,5)6;1-5-9-6-7-10(8-9)11(2,3)4;;;/h8-12H,7H2,1-6H3;7-14H,1-6H3;6-8H,5H2,1-4H3;2*1H;/q-1;;-1;;;+2/p-2. The second kappa shape index (κ2) is 18.0. The first-order valence-corrected chi connectivity index (χ1v) is 22.8. The number of hydrogen-bond acceptors (Lipinski definition) is 0. The van der Waals surface area contributed by atoms with Gasteiger partial charge in [-0.2, -0.15) is 28.8 Å². The van der Waals surface area contributed by atoms with Crippen molar-refractivity contribution >= 4 is 14.4 Å². The number of hydrogen-bond donors (Lipinski definition) is 0. The molecule has 0 N–H and O–H groups in total. The van der Waals surface area contributed by atoms with Crippen LogP contribution in [0.5, 0.6) is 0 Å². The van der Waals surface area contributed by atoms with Gasteiger partial charge >= 0.3 is 151 Å². The largest absolute Gasteiger partial charge is 1.00 e. The molecule has 8 rings (SSSR count). The number of fused-ring (bicyclic) bond motifs is 5. The maximum atomic E-state index is 3.65. The molecule has 3 aliphatic rings. The van der Waals surface area contributed by atoms with Crippen LogP contribution in [-0.2, 0) is 64.2 Å². The van der Waals surface area contributed by atoms with Gasteiger partial charge in [-0.05, 0) is 58.4 Å². The van der Waals surface area contributed by atoms with Gasteiger partial charge in [-0.1, -0.05) is 97.8 Å². The number of halogens is 2. The Morgan fingerprint density at radius 1 is 0.617 bits per heavy atom. The van der Waals surface area contributed by atoms with Gasteiger partial charge in [0.1, 0.15) is 0 Å². The van der Waals surface area contributed by atoms with Gasteiger partial charge < -0.3 is 24.8 Å². The molecule has 0 saturated carbocycles. The summed E-state index contributed by atoms with van der Waals surface area (Å²) in [5, 5.41) is 0. The summed E-state index contributed by atoms with van der Waals surface area (Å²) in [6, 6.07) is 34.7. The molecule has 0 fully saturated rings. The van der Waals surface area contributed by atoms with E-state index in [2.05, 4.69) is 214 Å². The molecule has 0 aliphatic heterocycles. The summed E-state index contributed by atoms with van der Waals surface area (Å²) in [5.41, 5.74) is 23.7. The van der Waals surface area contributed by atoms with E-state index in [0.717, 1.165) is 12.8 Å². The van der Waals surface area contributed by atoms with Crippen molar-refractivity contribution in [3.05, 3.63) is 170 Å². The van der Waals surface area contributed by atoms with E-state index in [1.165, 1.54) is 116 Å². The fourth-order valence-corrected chi connectivity index (χ4v) is 9.71. The second-order valence-electron chi connectivity index (χ2n) is 21.4. The van der Waals surface area contributed by atoms with Gasteiger partial charge in [0.2, 0.25) is 0 Å². The molecular formula is C57H68Cl2Zr-2. The summed E-state index contributed by atoms with van der Waals surface area (Å²) < 4.78 is 1.42. The van der Waals surface area contributed by atoms with Crippen LogP contribution in [0, 0.1) is 6.08 Å². The normalized spacial score (nSPS) is 15.3. The summed E-state index contributed by atoms with van der Waals surface area (Å²) in [7, 11) is 0. The maximum absolute atomic E-state index is 3.65. The van der Waals surface area contributed by atoms with Gasteiger partial charge in [0, 0.05) is 5.41 Å². The molecule has 0 atom stereocenters. The topological polar surface area (TPSA) is 0 Å². The van der Waals surface area contributed by atoms with Crippen LogP contribution < -0.4 is 24.8 Å². The van der Waals surface area contributed by atoms with Crippen LogP contribution >= 0.6 is 0 Å². The van der Waals surface area contributed by atoms with Crippen molar-refractivity contribution in [2.45, 2.75) is 151 Å². The first kappa shape index (κ1) is 49.7. The van der Waals surface area contributed by atoms with Crippen LogP contribution in [0.15, 0.2) is 97.1 Å². The first-order chi connectivity index (χ1) is 26.8. The van der Waals surface area contributed by atoms with Gasteiger partial charge in [0.15, 0.2) is 0 Å². The van der Waals surface area contributed by atoms with Crippen LogP contribution in [0.25, 0.3) is 22.3 Å². The molecule has 3 aliphatic carbocycles. The third-order valence-electron chi connectivity index (χ3n) is 12.6. The Balaban J connectivity index is 0.000000209. The van der Waals surface area contributed by atoms with E-state index in [4.69, 9.17) is 0 Å². The minimum atomic E-state index is 0. The second-order valence-corrected chi connectivity index (χ2v) is 22.6. The molecule has 0 nitrogen and oxygen atoms in total. The monoisotopic (exact) mass is 912 g/mol. The third-order valence-corrected chi connectivity index (χ3v) is 14.0. The molecule has 0 aromatic heterocycles. The van der Waals surface area contributed by atoms with Gasteiger partial charge in [0.25, 0.3) is 0 Å². The summed E-state index contributed by atoms with van der Waals surface area (Å²) >= 11 is 1.46. The number of allylic oxidation sites excluding steroid dienone is 4. The fourth-order valence-electron chi connectivity index (χ4n) is 8.89. The smallest absolute Gasteiger partial charge is 0.00873 e. The van der Waals surface area contributed by atoms with Crippen molar-refractivity contribution in [1.29, 1.82) is 0 Å². The molecule has 0 radical (unpaired) electrons. The number of aryl methyl sites for hydroxylation is 1.